The maximum atomic E-state index is 12.5. The van der Waals surface area contributed by atoms with Crippen molar-refractivity contribution in [2.75, 3.05) is 14.2 Å². The molecule has 1 aliphatic rings. The number of rotatable bonds is 5. The lowest BCUT2D eigenvalue weighted by molar-refractivity contribution is 0.0323. The average molecular weight is 336 g/mol. The lowest BCUT2D eigenvalue weighted by Crippen LogP contribution is -2.14. The zero-order chi connectivity index (χ0) is 16.4. The van der Waals surface area contributed by atoms with E-state index in [1.165, 1.54) is 11.3 Å². The number of fused-ring (bicyclic) bond motifs is 1. The number of carbonyl (C=O) groups excluding carboxylic acids is 1. The first-order chi connectivity index (χ1) is 11.1. The van der Waals surface area contributed by atoms with E-state index in [-0.39, 0.29) is 12.1 Å². The van der Waals surface area contributed by atoms with E-state index in [0.29, 0.717) is 23.2 Å². The molecule has 0 saturated heterocycles. The molecule has 124 valence electrons. The maximum absolute atomic E-state index is 12.5. The minimum Gasteiger partial charge on any atom is -0.480 e. The SMILES string of the molecule is COCc1nc(OC)c2c(C)c(C(=O)OC3CCCC3)sc2n1. The largest absolute Gasteiger partial charge is 0.480 e. The van der Waals surface area contributed by atoms with E-state index in [1.807, 2.05) is 6.92 Å². The van der Waals surface area contributed by atoms with Gasteiger partial charge in [-0.15, -0.1) is 11.3 Å². The summed E-state index contributed by atoms with van der Waals surface area (Å²) in [6.45, 7) is 2.18. The van der Waals surface area contributed by atoms with E-state index in [0.717, 1.165) is 41.5 Å². The number of ether oxygens (including phenoxy) is 3. The van der Waals surface area contributed by atoms with Crippen molar-refractivity contribution in [3.8, 4) is 5.88 Å². The van der Waals surface area contributed by atoms with Crippen molar-refractivity contribution in [1.29, 1.82) is 0 Å². The fourth-order valence-electron chi connectivity index (χ4n) is 2.89. The van der Waals surface area contributed by atoms with Crippen LogP contribution in [0.25, 0.3) is 10.2 Å². The van der Waals surface area contributed by atoms with Crippen LogP contribution in [0.15, 0.2) is 0 Å². The van der Waals surface area contributed by atoms with Crippen molar-refractivity contribution in [2.45, 2.75) is 45.3 Å². The number of methoxy groups -OCH3 is 2. The molecule has 23 heavy (non-hydrogen) atoms. The van der Waals surface area contributed by atoms with Gasteiger partial charge in [0.15, 0.2) is 5.82 Å². The Kier molecular flexibility index (Phi) is 4.77. The van der Waals surface area contributed by atoms with Crippen LogP contribution in [-0.2, 0) is 16.1 Å². The zero-order valence-corrected chi connectivity index (χ0v) is 14.4. The Bertz CT molecular complexity index is 722. The molecule has 7 heteroatoms. The summed E-state index contributed by atoms with van der Waals surface area (Å²) < 4.78 is 16.1. The van der Waals surface area contributed by atoms with E-state index in [4.69, 9.17) is 14.2 Å². The van der Waals surface area contributed by atoms with Gasteiger partial charge in [0.25, 0.3) is 0 Å². The van der Waals surface area contributed by atoms with Gasteiger partial charge in [-0.05, 0) is 38.2 Å². The van der Waals surface area contributed by atoms with Gasteiger partial charge in [0.05, 0.1) is 12.5 Å². The quantitative estimate of drug-likeness (QED) is 0.781. The van der Waals surface area contributed by atoms with Crippen molar-refractivity contribution in [1.82, 2.24) is 9.97 Å². The molecule has 1 saturated carbocycles. The van der Waals surface area contributed by atoms with Gasteiger partial charge in [-0.1, -0.05) is 0 Å². The second-order valence-electron chi connectivity index (χ2n) is 5.63. The topological polar surface area (TPSA) is 70.5 Å². The summed E-state index contributed by atoms with van der Waals surface area (Å²) in [6.07, 6.45) is 4.21. The van der Waals surface area contributed by atoms with Crippen LogP contribution in [0.1, 0.15) is 46.7 Å². The van der Waals surface area contributed by atoms with Crippen LogP contribution in [0, 0.1) is 6.92 Å². The van der Waals surface area contributed by atoms with Gasteiger partial charge >= 0.3 is 5.97 Å². The van der Waals surface area contributed by atoms with Crippen LogP contribution in [0.5, 0.6) is 5.88 Å². The Labute approximate surface area is 138 Å². The molecule has 0 aromatic carbocycles. The summed E-state index contributed by atoms with van der Waals surface area (Å²) in [5.74, 6) is 0.734. The second kappa shape index (κ2) is 6.80. The standard InChI is InChI=1S/C16H20N2O4S/c1-9-12-14(21-3)17-11(8-20-2)18-15(12)23-13(9)16(19)22-10-6-4-5-7-10/h10H,4-8H2,1-3H3. The molecule has 2 heterocycles. The predicted octanol–water partition coefficient (Wildman–Crippen LogP) is 3.25. The fourth-order valence-corrected chi connectivity index (χ4v) is 3.96. The van der Waals surface area contributed by atoms with Gasteiger partial charge in [-0.2, -0.15) is 4.98 Å². The van der Waals surface area contributed by atoms with E-state index >= 15 is 0 Å². The lowest BCUT2D eigenvalue weighted by Gasteiger charge is -2.10. The molecule has 0 bridgehead atoms. The van der Waals surface area contributed by atoms with E-state index in [2.05, 4.69) is 9.97 Å². The summed E-state index contributed by atoms with van der Waals surface area (Å²) >= 11 is 1.32. The highest BCUT2D eigenvalue weighted by Gasteiger charge is 2.25. The highest BCUT2D eigenvalue weighted by molar-refractivity contribution is 7.20. The molecule has 1 aliphatic carbocycles. The van der Waals surface area contributed by atoms with Crippen molar-refractivity contribution < 1.29 is 19.0 Å². The van der Waals surface area contributed by atoms with Crippen LogP contribution in [-0.4, -0.2) is 36.3 Å². The van der Waals surface area contributed by atoms with Gasteiger partial charge in [0.2, 0.25) is 5.88 Å². The summed E-state index contributed by atoms with van der Waals surface area (Å²) in [5, 5.41) is 0.774. The lowest BCUT2D eigenvalue weighted by atomic mass is 10.2. The molecule has 1 fully saturated rings. The van der Waals surface area contributed by atoms with Crippen LogP contribution >= 0.6 is 11.3 Å². The molecule has 3 rings (SSSR count). The van der Waals surface area contributed by atoms with Crippen LogP contribution in [0.3, 0.4) is 0 Å². The number of aryl methyl sites for hydroxylation is 1. The molecule has 0 spiro atoms. The van der Waals surface area contributed by atoms with Crippen LogP contribution in [0.2, 0.25) is 0 Å². The van der Waals surface area contributed by atoms with Crippen LogP contribution < -0.4 is 4.74 Å². The number of nitrogens with zero attached hydrogens (tertiary/aromatic N) is 2. The molecule has 0 radical (unpaired) electrons. The monoisotopic (exact) mass is 336 g/mol. The number of esters is 1. The molecular weight excluding hydrogens is 316 g/mol. The number of hydrogen-bond acceptors (Lipinski definition) is 7. The van der Waals surface area contributed by atoms with Crippen molar-refractivity contribution in [3.05, 3.63) is 16.3 Å². The molecule has 0 aliphatic heterocycles. The molecule has 0 atom stereocenters. The molecular formula is C16H20N2O4S. The maximum Gasteiger partial charge on any atom is 0.348 e. The minimum atomic E-state index is -0.271. The number of thiophene rings is 1. The molecule has 0 amide bonds. The third-order valence-corrected chi connectivity index (χ3v) is 5.20. The Morgan fingerprint density at radius 3 is 2.65 bits per heavy atom. The zero-order valence-electron chi connectivity index (χ0n) is 13.5. The molecule has 6 nitrogen and oxygen atoms in total. The third kappa shape index (κ3) is 3.16. The van der Waals surface area contributed by atoms with E-state index < -0.39 is 0 Å². The Balaban J connectivity index is 1.97. The Morgan fingerprint density at radius 2 is 2.00 bits per heavy atom. The fraction of sp³-hybridized carbons (Fsp3) is 0.562. The first-order valence-electron chi connectivity index (χ1n) is 7.68. The Morgan fingerprint density at radius 1 is 1.26 bits per heavy atom. The smallest absolute Gasteiger partial charge is 0.348 e. The molecule has 2 aromatic rings. The number of aromatic nitrogens is 2. The molecule has 0 N–H and O–H groups in total. The second-order valence-corrected chi connectivity index (χ2v) is 6.63. The number of hydrogen-bond donors (Lipinski definition) is 0. The highest BCUT2D eigenvalue weighted by Crippen LogP contribution is 2.36. The van der Waals surface area contributed by atoms with E-state index in [9.17, 15) is 4.79 Å². The van der Waals surface area contributed by atoms with Gasteiger partial charge in [0.1, 0.15) is 22.4 Å². The normalized spacial score (nSPS) is 15.3. The van der Waals surface area contributed by atoms with E-state index in [1.54, 1.807) is 14.2 Å². The summed E-state index contributed by atoms with van der Waals surface area (Å²) in [4.78, 5) is 22.6. The molecule has 0 unspecified atom stereocenters. The Hall–Kier alpha value is -1.73. The predicted molar refractivity (Wildman–Crippen MR) is 87.1 cm³/mol. The van der Waals surface area contributed by atoms with Gasteiger partial charge in [-0.25, -0.2) is 9.78 Å². The van der Waals surface area contributed by atoms with Crippen molar-refractivity contribution in [2.24, 2.45) is 0 Å². The van der Waals surface area contributed by atoms with Crippen molar-refractivity contribution >= 4 is 27.5 Å². The third-order valence-electron chi connectivity index (χ3n) is 4.03. The number of carbonyl (C=O) groups is 1. The van der Waals surface area contributed by atoms with Crippen LogP contribution in [0.4, 0.5) is 0 Å². The summed E-state index contributed by atoms with van der Waals surface area (Å²) in [5.41, 5.74) is 0.814. The summed E-state index contributed by atoms with van der Waals surface area (Å²) in [7, 11) is 3.15. The van der Waals surface area contributed by atoms with Gasteiger partial charge in [0, 0.05) is 7.11 Å². The molecule has 2 aromatic heterocycles. The van der Waals surface area contributed by atoms with Gasteiger partial charge < -0.3 is 14.2 Å². The first-order valence-corrected chi connectivity index (χ1v) is 8.49. The minimum absolute atomic E-state index is 0.0455. The van der Waals surface area contributed by atoms with Gasteiger partial charge in [-0.3, -0.25) is 0 Å². The van der Waals surface area contributed by atoms with Crippen molar-refractivity contribution in [3.63, 3.8) is 0 Å². The summed E-state index contributed by atoms with van der Waals surface area (Å²) in [6, 6.07) is 0. The highest BCUT2D eigenvalue weighted by atomic mass is 32.1. The first kappa shape index (κ1) is 16.1. The average Bonchev–Trinajstić information content (AvgIpc) is 3.15.